The predicted octanol–water partition coefficient (Wildman–Crippen LogP) is 5.40. The predicted molar refractivity (Wildman–Crippen MR) is 141 cm³/mol. The molecule has 0 saturated carbocycles. The van der Waals surface area contributed by atoms with E-state index < -0.39 is 0 Å². The fourth-order valence-corrected chi connectivity index (χ4v) is 3.91. The second kappa shape index (κ2) is 10.3. The molecule has 4 rings (SSSR count). The van der Waals surface area contributed by atoms with Crippen molar-refractivity contribution in [2.24, 2.45) is 5.10 Å². The van der Waals surface area contributed by atoms with Crippen LogP contribution in [0, 0.1) is 19.3 Å². The van der Waals surface area contributed by atoms with E-state index in [9.17, 15) is 4.79 Å². The van der Waals surface area contributed by atoms with Crippen LogP contribution < -0.4 is 15.0 Å². The molecular weight excluding hydrogens is 438 g/mol. The van der Waals surface area contributed by atoms with E-state index in [-0.39, 0.29) is 18.1 Å². The lowest BCUT2D eigenvalue weighted by Gasteiger charge is -2.17. The van der Waals surface area contributed by atoms with Crippen molar-refractivity contribution in [3.8, 4) is 35.2 Å². The van der Waals surface area contributed by atoms with Crippen molar-refractivity contribution in [1.82, 2.24) is 9.66 Å². The van der Waals surface area contributed by atoms with E-state index in [0.717, 1.165) is 28.0 Å². The number of hydrogen-bond acceptors (Lipinski definition) is 5. The summed E-state index contributed by atoms with van der Waals surface area (Å²) >= 11 is 0. The van der Waals surface area contributed by atoms with Crippen LogP contribution in [0.2, 0.25) is 0 Å². The minimum absolute atomic E-state index is 0.174. The van der Waals surface area contributed by atoms with Crippen LogP contribution in [-0.4, -0.2) is 29.6 Å². The Balaban J connectivity index is 1.91. The standard InChI is InChI=1S/C29H27N3O3/c1-6-14-35-22-11-9-10-21(16-22)18-30-32-28(31-26-13-8-7-12-23(26)29(32)33)25-17-24(19(2)3)27(34-5)15-20(25)4/h1,7-13,15-19H,14H2,2-5H3. The zero-order valence-corrected chi connectivity index (χ0v) is 20.3. The number of terminal acetylenes is 1. The number of aromatic nitrogens is 2. The number of fused-ring (bicyclic) bond motifs is 1. The summed E-state index contributed by atoms with van der Waals surface area (Å²) in [6.07, 6.45) is 6.91. The first kappa shape index (κ1) is 23.8. The summed E-state index contributed by atoms with van der Waals surface area (Å²) in [6, 6.07) is 18.7. The van der Waals surface area contributed by atoms with Crippen molar-refractivity contribution >= 4 is 17.1 Å². The molecule has 0 atom stereocenters. The molecule has 0 N–H and O–H groups in total. The first-order valence-corrected chi connectivity index (χ1v) is 11.3. The van der Waals surface area contributed by atoms with Gasteiger partial charge < -0.3 is 9.47 Å². The molecule has 0 bridgehead atoms. The molecule has 1 aromatic heterocycles. The minimum atomic E-state index is -0.247. The van der Waals surface area contributed by atoms with Gasteiger partial charge in [-0.15, -0.1) is 6.42 Å². The summed E-state index contributed by atoms with van der Waals surface area (Å²) in [5.74, 6) is 4.57. The van der Waals surface area contributed by atoms with Crippen LogP contribution in [0.15, 0.2) is 70.6 Å². The van der Waals surface area contributed by atoms with E-state index in [2.05, 4.69) is 24.9 Å². The van der Waals surface area contributed by atoms with Crippen molar-refractivity contribution in [2.75, 3.05) is 13.7 Å². The van der Waals surface area contributed by atoms with E-state index >= 15 is 0 Å². The van der Waals surface area contributed by atoms with E-state index in [1.165, 1.54) is 4.68 Å². The van der Waals surface area contributed by atoms with Gasteiger partial charge in [-0.2, -0.15) is 9.78 Å². The van der Waals surface area contributed by atoms with Gasteiger partial charge in [-0.1, -0.05) is 44.0 Å². The fourth-order valence-electron chi connectivity index (χ4n) is 3.91. The van der Waals surface area contributed by atoms with E-state index in [4.69, 9.17) is 20.9 Å². The highest BCUT2D eigenvalue weighted by Crippen LogP contribution is 2.34. The average molecular weight is 466 g/mol. The summed E-state index contributed by atoms with van der Waals surface area (Å²) in [5, 5.41) is 5.07. The molecule has 4 aromatic rings. The normalized spacial score (nSPS) is 11.2. The molecule has 0 unspecified atom stereocenters. The van der Waals surface area contributed by atoms with Crippen LogP contribution in [0.1, 0.15) is 36.5 Å². The number of ether oxygens (including phenoxy) is 2. The van der Waals surface area contributed by atoms with Gasteiger partial charge >= 0.3 is 0 Å². The molecule has 0 aliphatic rings. The topological polar surface area (TPSA) is 65.7 Å². The molecule has 0 spiro atoms. The summed E-state index contributed by atoms with van der Waals surface area (Å²) in [5.41, 5.74) is 3.92. The summed E-state index contributed by atoms with van der Waals surface area (Å²) in [7, 11) is 1.66. The van der Waals surface area contributed by atoms with Crippen molar-refractivity contribution in [3.05, 3.63) is 87.7 Å². The van der Waals surface area contributed by atoms with Crippen molar-refractivity contribution < 1.29 is 9.47 Å². The Kier molecular flexibility index (Phi) is 6.98. The maximum Gasteiger partial charge on any atom is 0.282 e. The molecule has 6 nitrogen and oxygen atoms in total. The Labute approximate surface area is 204 Å². The van der Waals surface area contributed by atoms with Gasteiger partial charge in [0.2, 0.25) is 0 Å². The molecule has 0 saturated heterocycles. The van der Waals surface area contributed by atoms with Crippen LogP contribution in [0.4, 0.5) is 0 Å². The SMILES string of the molecule is C#CCOc1cccc(C=Nn2c(-c3cc(C(C)C)c(OC)cc3C)nc3ccccc3c2=O)c1. The van der Waals surface area contributed by atoms with Crippen molar-refractivity contribution in [2.45, 2.75) is 26.7 Å². The fraction of sp³-hybridized carbons (Fsp3) is 0.207. The number of aryl methyl sites for hydroxylation is 1. The largest absolute Gasteiger partial charge is 0.496 e. The maximum absolute atomic E-state index is 13.5. The molecule has 0 aliphatic carbocycles. The van der Waals surface area contributed by atoms with E-state index in [1.807, 2.05) is 61.5 Å². The van der Waals surface area contributed by atoms with E-state index in [0.29, 0.717) is 22.5 Å². The van der Waals surface area contributed by atoms with Gasteiger partial charge in [0.25, 0.3) is 5.56 Å². The van der Waals surface area contributed by atoms with Gasteiger partial charge in [-0.3, -0.25) is 4.79 Å². The Morgan fingerprint density at radius 3 is 2.69 bits per heavy atom. The monoisotopic (exact) mass is 465 g/mol. The number of hydrogen-bond donors (Lipinski definition) is 0. The second-order valence-electron chi connectivity index (χ2n) is 8.44. The average Bonchev–Trinajstić information content (AvgIpc) is 2.86. The Bertz CT molecular complexity index is 1510. The smallest absolute Gasteiger partial charge is 0.282 e. The van der Waals surface area contributed by atoms with Gasteiger partial charge in [-0.05, 0) is 65.9 Å². The Morgan fingerprint density at radius 2 is 1.94 bits per heavy atom. The van der Waals surface area contributed by atoms with Crippen LogP contribution in [0.25, 0.3) is 22.3 Å². The van der Waals surface area contributed by atoms with Gasteiger partial charge in [0.1, 0.15) is 18.1 Å². The zero-order chi connectivity index (χ0) is 24.9. The van der Waals surface area contributed by atoms with Gasteiger partial charge in [0.05, 0.1) is 24.2 Å². The number of methoxy groups -OCH3 is 1. The summed E-state index contributed by atoms with van der Waals surface area (Å²) < 4.78 is 12.5. The molecule has 1 heterocycles. The van der Waals surface area contributed by atoms with Gasteiger partial charge in [-0.25, -0.2) is 4.98 Å². The Morgan fingerprint density at radius 1 is 1.14 bits per heavy atom. The van der Waals surface area contributed by atoms with E-state index in [1.54, 1.807) is 19.4 Å². The Hall–Kier alpha value is -4.37. The third-order valence-corrected chi connectivity index (χ3v) is 5.70. The number of benzene rings is 3. The van der Waals surface area contributed by atoms with Gasteiger partial charge in [0, 0.05) is 5.56 Å². The second-order valence-corrected chi connectivity index (χ2v) is 8.44. The van der Waals surface area contributed by atoms with Gasteiger partial charge in [0.15, 0.2) is 5.82 Å². The zero-order valence-electron chi connectivity index (χ0n) is 20.3. The van der Waals surface area contributed by atoms with Crippen molar-refractivity contribution in [3.63, 3.8) is 0 Å². The number of nitrogens with zero attached hydrogens (tertiary/aromatic N) is 3. The lowest BCUT2D eigenvalue weighted by molar-refractivity contribution is 0.370. The molecule has 0 aliphatic heterocycles. The third-order valence-electron chi connectivity index (χ3n) is 5.70. The van der Waals surface area contributed by atoms with Crippen LogP contribution in [0.5, 0.6) is 11.5 Å². The molecular formula is C29H27N3O3. The first-order chi connectivity index (χ1) is 16.9. The van der Waals surface area contributed by atoms with Crippen LogP contribution in [0.3, 0.4) is 0 Å². The maximum atomic E-state index is 13.5. The highest BCUT2D eigenvalue weighted by Gasteiger charge is 2.18. The molecule has 35 heavy (non-hydrogen) atoms. The molecule has 0 fully saturated rings. The summed E-state index contributed by atoms with van der Waals surface area (Å²) in [6.45, 7) is 6.36. The third kappa shape index (κ3) is 4.95. The first-order valence-electron chi connectivity index (χ1n) is 11.3. The molecule has 0 radical (unpaired) electrons. The lowest BCUT2D eigenvalue weighted by Crippen LogP contribution is -2.20. The molecule has 3 aromatic carbocycles. The molecule has 0 amide bonds. The van der Waals surface area contributed by atoms with Crippen LogP contribution in [-0.2, 0) is 0 Å². The van der Waals surface area contributed by atoms with Crippen LogP contribution >= 0.6 is 0 Å². The quantitative estimate of drug-likeness (QED) is 0.271. The number of rotatable bonds is 7. The number of para-hydroxylation sites is 1. The highest BCUT2D eigenvalue weighted by atomic mass is 16.5. The molecule has 176 valence electrons. The lowest BCUT2D eigenvalue weighted by atomic mass is 9.96. The summed E-state index contributed by atoms with van der Waals surface area (Å²) in [4.78, 5) is 18.4. The highest BCUT2D eigenvalue weighted by molar-refractivity contribution is 5.82. The minimum Gasteiger partial charge on any atom is -0.496 e. The molecule has 6 heteroatoms. The van der Waals surface area contributed by atoms with Crippen molar-refractivity contribution in [1.29, 1.82) is 0 Å².